The zero-order valence-corrected chi connectivity index (χ0v) is 11.5. The van der Waals surface area contributed by atoms with Crippen LogP contribution in [0.25, 0.3) is 10.8 Å². The lowest BCUT2D eigenvalue weighted by Crippen LogP contribution is -2.00. The Morgan fingerprint density at radius 3 is 2.62 bits per heavy atom. The molecule has 0 fully saturated rings. The van der Waals surface area contributed by atoms with Gasteiger partial charge in [-0.3, -0.25) is 10.1 Å². The number of hydrogen-bond donors (Lipinski definition) is 1. The molecule has 0 aliphatic carbocycles. The molecule has 5 nitrogen and oxygen atoms in total. The van der Waals surface area contributed by atoms with Crippen LogP contribution >= 0.6 is 11.6 Å². The Balaban J connectivity index is 2.11. The molecule has 0 amide bonds. The minimum atomic E-state index is -0.489. The van der Waals surface area contributed by atoms with Gasteiger partial charge in [-0.05, 0) is 17.5 Å². The van der Waals surface area contributed by atoms with Gasteiger partial charge in [0.15, 0.2) is 0 Å². The summed E-state index contributed by atoms with van der Waals surface area (Å²) in [5, 5.41) is 16.3. The van der Waals surface area contributed by atoms with Crippen molar-refractivity contribution < 1.29 is 4.92 Å². The zero-order valence-electron chi connectivity index (χ0n) is 10.8. The van der Waals surface area contributed by atoms with E-state index in [1.54, 1.807) is 0 Å². The molecule has 104 valence electrons. The SMILES string of the molecule is O=[N+]([O-])c1ccc(Cl)nc1Nc1cccc2ccccc12. The highest BCUT2D eigenvalue weighted by atomic mass is 35.5. The third-order valence-corrected chi connectivity index (χ3v) is 3.29. The predicted octanol–water partition coefficient (Wildman–Crippen LogP) is 4.54. The highest BCUT2D eigenvalue weighted by Gasteiger charge is 2.16. The topological polar surface area (TPSA) is 68.1 Å². The zero-order chi connectivity index (χ0) is 14.8. The Morgan fingerprint density at radius 1 is 1.05 bits per heavy atom. The Morgan fingerprint density at radius 2 is 1.81 bits per heavy atom. The van der Waals surface area contributed by atoms with Crippen LogP contribution < -0.4 is 5.32 Å². The summed E-state index contributed by atoms with van der Waals surface area (Å²) in [6.07, 6.45) is 0. The second kappa shape index (κ2) is 5.38. The van der Waals surface area contributed by atoms with Crippen molar-refractivity contribution in [1.82, 2.24) is 4.98 Å². The van der Waals surface area contributed by atoms with Gasteiger partial charge >= 0.3 is 5.69 Å². The van der Waals surface area contributed by atoms with Crippen LogP contribution in [0.3, 0.4) is 0 Å². The minimum Gasteiger partial charge on any atom is -0.334 e. The predicted molar refractivity (Wildman–Crippen MR) is 83.1 cm³/mol. The molecule has 0 spiro atoms. The maximum atomic E-state index is 11.1. The quantitative estimate of drug-likeness (QED) is 0.438. The van der Waals surface area contributed by atoms with E-state index in [1.807, 2.05) is 42.5 Å². The summed E-state index contributed by atoms with van der Waals surface area (Å²) < 4.78 is 0. The molecule has 3 aromatic rings. The average Bonchev–Trinajstić information content (AvgIpc) is 2.47. The Labute approximate surface area is 125 Å². The lowest BCUT2D eigenvalue weighted by molar-refractivity contribution is -0.384. The monoisotopic (exact) mass is 299 g/mol. The van der Waals surface area contributed by atoms with Crippen LogP contribution in [0.4, 0.5) is 17.2 Å². The van der Waals surface area contributed by atoms with Gasteiger partial charge in [-0.15, -0.1) is 0 Å². The molecular weight excluding hydrogens is 290 g/mol. The molecule has 21 heavy (non-hydrogen) atoms. The van der Waals surface area contributed by atoms with Crippen molar-refractivity contribution >= 4 is 39.6 Å². The minimum absolute atomic E-state index is 0.118. The van der Waals surface area contributed by atoms with E-state index in [1.165, 1.54) is 12.1 Å². The summed E-state index contributed by atoms with van der Waals surface area (Å²) in [5.41, 5.74) is 0.623. The van der Waals surface area contributed by atoms with E-state index in [4.69, 9.17) is 11.6 Å². The van der Waals surface area contributed by atoms with Crippen molar-refractivity contribution in [2.24, 2.45) is 0 Å². The van der Waals surface area contributed by atoms with Gasteiger partial charge in [0.2, 0.25) is 5.82 Å². The van der Waals surface area contributed by atoms with E-state index in [0.29, 0.717) is 0 Å². The van der Waals surface area contributed by atoms with Crippen molar-refractivity contribution in [2.45, 2.75) is 0 Å². The molecule has 0 saturated heterocycles. The summed E-state index contributed by atoms with van der Waals surface area (Å²) in [4.78, 5) is 14.6. The lowest BCUT2D eigenvalue weighted by atomic mass is 10.1. The smallest absolute Gasteiger partial charge is 0.311 e. The van der Waals surface area contributed by atoms with Crippen molar-refractivity contribution in [3.05, 3.63) is 69.9 Å². The van der Waals surface area contributed by atoms with Crippen LogP contribution in [0.15, 0.2) is 54.6 Å². The summed E-state index contributed by atoms with van der Waals surface area (Å²) in [6.45, 7) is 0. The molecule has 2 aromatic carbocycles. The fraction of sp³-hybridized carbons (Fsp3) is 0. The van der Waals surface area contributed by atoms with Crippen LogP contribution in [-0.2, 0) is 0 Å². The Hall–Kier alpha value is -2.66. The molecular formula is C15H10ClN3O2. The number of rotatable bonds is 3. The molecule has 1 heterocycles. The number of aromatic nitrogens is 1. The molecule has 0 aliphatic rings. The first-order chi connectivity index (χ1) is 10.1. The van der Waals surface area contributed by atoms with Crippen molar-refractivity contribution in [1.29, 1.82) is 0 Å². The van der Waals surface area contributed by atoms with Gasteiger partial charge in [0, 0.05) is 17.1 Å². The Kier molecular flexibility index (Phi) is 3.41. The van der Waals surface area contributed by atoms with Crippen molar-refractivity contribution in [3.8, 4) is 0 Å². The molecule has 0 atom stereocenters. The van der Waals surface area contributed by atoms with Gasteiger partial charge < -0.3 is 5.32 Å². The maximum absolute atomic E-state index is 11.1. The number of nitrogens with zero attached hydrogens (tertiary/aromatic N) is 2. The summed E-state index contributed by atoms with van der Waals surface area (Å²) >= 11 is 5.83. The summed E-state index contributed by atoms with van der Waals surface area (Å²) in [7, 11) is 0. The second-order valence-electron chi connectivity index (χ2n) is 4.41. The molecule has 0 unspecified atom stereocenters. The fourth-order valence-electron chi connectivity index (χ4n) is 2.13. The molecule has 0 radical (unpaired) electrons. The first-order valence-electron chi connectivity index (χ1n) is 6.21. The molecule has 0 bridgehead atoms. The van der Waals surface area contributed by atoms with E-state index in [-0.39, 0.29) is 16.7 Å². The number of anilines is 2. The van der Waals surface area contributed by atoms with Crippen LogP contribution in [0, 0.1) is 10.1 Å². The number of halogens is 1. The van der Waals surface area contributed by atoms with Crippen LogP contribution in [0.1, 0.15) is 0 Å². The van der Waals surface area contributed by atoms with Gasteiger partial charge in [0.25, 0.3) is 0 Å². The Bertz CT molecular complexity index is 831. The van der Waals surface area contributed by atoms with Gasteiger partial charge in [-0.1, -0.05) is 48.0 Å². The van der Waals surface area contributed by atoms with Gasteiger partial charge in [-0.2, -0.15) is 0 Å². The summed E-state index contributed by atoms with van der Waals surface area (Å²) in [6, 6.07) is 16.2. The number of benzene rings is 2. The van der Waals surface area contributed by atoms with Gasteiger partial charge in [0.05, 0.1) is 4.92 Å². The highest BCUT2D eigenvalue weighted by Crippen LogP contribution is 2.30. The first-order valence-corrected chi connectivity index (χ1v) is 6.58. The normalized spacial score (nSPS) is 10.5. The van der Waals surface area contributed by atoms with Crippen molar-refractivity contribution in [3.63, 3.8) is 0 Å². The van der Waals surface area contributed by atoms with Gasteiger partial charge in [-0.25, -0.2) is 4.98 Å². The maximum Gasteiger partial charge on any atom is 0.311 e. The highest BCUT2D eigenvalue weighted by molar-refractivity contribution is 6.29. The number of nitro groups is 1. The first kappa shape index (κ1) is 13.3. The fourth-order valence-corrected chi connectivity index (χ4v) is 2.28. The molecule has 3 rings (SSSR count). The third kappa shape index (κ3) is 2.64. The standard InChI is InChI=1S/C15H10ClN3O2/c16-14-9-8-13(19(20)21)15(18-14)17-12-7-3-5-10-4-1-2-6-11(10)12/h1-9H,(H,17,18). The van der Waals surface area contributed by atoms with E-state index in [0.717, 1.165) is 16.5 Å². The molecule has 1 aromatic heterocycles. The number of pyridine rings is 1. The molecule has 0 saturated carbocycles. The second-order valence-corrected chi connectivity index (χ2v) is 4.80. The van der Waals surface area contributed by atoms with Crippen LogP contribution in [-0.4, -0.2) is 9.91 Å². The number of nitrogens with one attached hydrogen (secondary N) is 1. The largest absolute Gasteiger partial charge is 0.334 e. The van der Waals surface area contributed by atoms with Crippen molar-refractivity contribution in [2.75, 3.05) is 5.32 Å². The molecule has 0 aliphatic heterocycles. The lowest BCUT2D eigenvalue weighted by Gasteiger charge is -2.09. The number of fused-ring (bicyclic) bond motifs is 1. The van der Waals surface area contributed by atoms with E-state index in [9.17, 15) is 10.1 Å². The molecule has 6 heteroatoms. The van der Waals surface area contributed by atoms with Crippen LogP contribution in [0.5, 0.6) is 0 Å². The summed E-state index contributed by atoms with van der Waals surface area (Å²) in [5.74, 6) is 0.129. The average molecular weight is 300 g/mol. The van der Waals surface area contributed by atoms with Gasteiger partial charge in [0.1, 0.15) is 5.15 Å². The van der Waals surface area contributed by atoms with E-state index in [2.05, 4.69) is 10.3 Å². The number of hydrogen-bond acceptors (Lipinski definition) is 4. The molecule has 1 N–H and O–H groups in total. The van der Waals surface area contributed by atoms with E-state index < -0.39 is 4.92 Å². The van der Waals surface area contributed by atoms with E-state index >= 15 is 0 Å². The third-order valence-electron chi connectivity index (χ3n) is 3.08. The van der Waals surface area contributed by atoms with Crippen LogP contribution in [0.2, 0.25) is 5.15 Å².